The number of fused-ring (bicyclic) bond motifs is 1. The molecule has 16 heavy (non-hydrogen) atoms. The Morgan fingerprint density at radius 3 is 2.94 bits per heavy atom. The fourth-order valence-corrected chi connectivity index (χ4v) is 1.92. The molecule has 0 N–H and O–H groups in total. The molecule has 0 aromatic heterocycles. The van der Waals surface area contributed by atoms with Crippen LogP contribution in [0.5, 0.6) is 11.5 Å². The largest absolute Gasteiger partial charge is 0.497 e. The zero-order valence-electron chi connectivity index (χ0n) is 9.90. The molecule has 0 saturated carbocycles. The summed E-state index contributed by atoms with van der Waals surface area (Å²) in [6.07, 6.45) is 0.0934. The number of anilines is 1. The van der Waals surface area contributed by atoms with Gasteiger partial charge in [-0.3, -0.25) is 0 Å². The van der Waals surface area contributed by atoms with E-state index in [0.29, 0.717) is 6.61 Å². The Balaban J connectivity index is 2.23. The molecule has 2 rings (SSSR count). The van der Waals surface area contributed by atoms with Gasteiger partial charge in [-0.1, -0.05) is 0 Å². The highest BCUT2D eigenvalue weighted by Crippen LogP contribution is 2.35. The quantitative estimate of drug-likeness (QED) is 0.777. The van der Waals surface area contributed by atoms with Crippen LogP contribution in [0.3, 0.4) is 0 Å². The normalized spacial score (nSPS) is 18.9. The standard InChI is InChI=1S/C12H17NO3/c1-13-7-10(8-14-2)16-12-5-4-9(15-3)6-11(12)13/h4-6,10H,7-8H2,1-3H3/t10-/m1/s1. The number of rotatable bonds is 3. The van der Waals surface area contributed by atoms with Gasteiger partial charge in [0.25, 0.3) is 0 Å². The Hall–Kier alpha value is -1.42. The van der Waals surface area contributed by atoms with Crippen molar-refractivity contribution in [1.29, 1.82) is 0 Å². The van der Waals surface area contributed by atoms with E-state index in [1.54, 1.807) is 14.2 Å². The Bertz CT molecular complexity index is 367. The number of likely N-dealkylation sites (N-methyl/N-ethyl adjacent to an activating group) is 1. The van der Waals surface area contributed by atoms with Gasteiger partial charge in [-0.15, -0.1) is 0 Å². The van der Waals surface area contributed by atoms with Gasteiger partial charge in [-0.2, -0.15) is 0 Å². The molecule has 1 atom stereocenters. The fraction of sp³-hybridized carbons (Fsp3) is 0.500. The molecule has 1 aromatic carbocycles. The Morgan fingerprint density at radius 2 is 2.25 bits per heavy atom. The van der Waals surface area contributed by atoms with Crippen molar-refractivity contribution in [3.8, 4) is 11.5 Å². The van der Waals surface area contributed by atoms with Crippen molar-refractivity contribution < 1.29 is 14.2 Å². The van der Waals surface area contributed by atoms with Crippen LogP contribution in [-0.2, 0) is 4.74 Å². The summed E-state index contributed by atoms with van der Waals surface area (Å²) in [4.78, 5) is 2.16. The van der Waals surface area contributed by atoms with Crippen LogP contribution in [-0.4, -0.2) is 40.5 Å². The van der Waals surface area contributed by atoms with E-state index < -0.39 is 0 Å². The van der Waals surface area contributed by atoms with E-state index in [9.17, 15) is 0 Å². The van der Waals surface area contributed by atoms with E-state index in [-0.39, 0.29) is 6.10 Å². The van der Waals surface area contributed by atoms with Crippen LogP contribution in [0.25, 0.3) is 0 Å². The minimum Gasteiger partial charge on any atom is -0.497 e. The summed E-state index contributed by atoms with van der Waals surface area (Å²) < 4.78 is 16.1. The molecule has 0 radical (unpaired) electrons. The maximum absolute atomic E-state index is 5.82. The summed E-state index contributed by atoms with van der Waals surface area (Å²) in [5, 5.41) is 0. The number of ether oxygens (including phenoxy) is 3. The molecule has 1 aliphatic heterocycles. The van der Waals surface area contributed by atoms with Gasteiger partial charge in [0.1, 0.15) is 17.6 Å². The number of benzene rings is 1. The molecule has 1 aliphatic rings. The lowest BCUT2D eigenvalue weighted by Gasteiger charge is -2.33. The minimum absolute atomic E-state index is 0.0934. The van der Waals surface area contributed by atoms with Crippen LogP contribution >= 0.6 is 0 Å². The third-order valence-electron chi connectivity index (χ3n) is 2.70. The van der Waals surface area contributed by atoms with Crippen LogP contribution in [0.4, 0.5) is 5.69 Å². The highest BCUT2D eigenvalue weighted by molar-refractivity contribution is 5.62. The zero-order chi connectivity index (χ0) is 11.5. The molecule has 0 bridgehead atoms. The molecule has 4 nitrogen and oxygen atoms in total. The van der Waals surface area contributed by atoms with Gasteiger partial charge in [0.15, 0.2) is 0 Å². The lowest BCUT2D eigenvalue weighted by Crippen LogP contribution is -2.40. The van der Waals surface area contributed by atoms with Gasteiger partial charge in [-0.25, -0.2) is 0 Å². The second-order valence-corrected chi connectivity index (χ2v) is 3.91. The number of nitrogens with zero attached hydrogens (tertiary/aromatic N) is 1. The predicted octanol–water partition coefficient (Wildman–Crippen LogP) is 1.54. The van der Waals surface area contributed by atoms with Crippen LogP contribution in [0.1, 0.15) is 0 Å². The monoisotopic (exact) mass is 223 g/mol. The Morgan fingerprint density at radius 1 is 1.44 bits per heavy atom. The summed E-state index contributed by atoms with van der Waals surface area (Å²) in [5.41, 5.74) is 1.06. The molecular formula is C12H17NO3. The Labute approximate surface area is 95.7 Å². The summed E-state index contributed by atoms with van der Waals surface area (Å²) in [5.74, 6) is 1.73. The third kappa shape index (κ3) is 2.07. The van der Waals surface area contributed by atoms with Crippen LogP contribution in [0, 0.1) is 0 Å². The summed E-state index contributed by atoms with van der Waals surface area (Å²) in [6.45, 7) is 1.43. The smallest absolute Gasteiger partial charge is 0.143 e. The second-order valence-electron chi connectivity index (χ2n) is 3.91. The highest BCUT2D eigenvalue weighted by atomic mass is 16.5. The average Bonchev–Trinajstić information content (AvgIpc) is 2.29. The number of hydrogen-bond donors (Lipinski definition) is 0. The molecule has 1 heterocycles. The van der Waals surface area contributed by atoms with Gasteiger partial charge in [0.05, 0.1) is 25.9 Å². The van der Waals surface area contributed by atoms with Crippen molar-refractivity contribution in [1.82, 2.24) is 0 Å². The molecule has 0 spiro atoms. The van der Waals surface area contributed by atoms with Crippen LogP contribution in [0.2, 0.25) is 0 Å². The lowest BCUT2D eigenvalue weighted by molar-refractivity contribution is 0.0801. The summed E-state index contributed by atoms with van der Waals surface area (Å²) in [7, 11) is 5.40. The van der Waals surface area contributed by atoms with Gasteiger partial charge >= 0.3 is 0 Å². The van der Waals surface area contributed by atoms with Crippen molar-refractivity contribution in [2.24, 2.45) is 0 Å². The molecule has 4 heteroatoms. The molecule has 0 unspecified atom stereocenters. The van der Waals surface area contributed by atoms with Crippen LogP contribution in [0.15, 0.2) is 18.2 Å². The van der Waals surface area contributed by atoms with Crippen molar-refractivity contribution >= 4 is 5.69 Å². The predicted molar refractivity (Wildman–Crippen MR) is 62.6 cm³/mol. The second kappa shape index (κ2) is 4.61. The first-order valence-electron chi connectivity index (χ1n) is 5.29. The van der Waals surface area contributed by atoms with E-state index in [1.165, 1.54) is 0 Å². The van der Waals surface area contributed by atoms with Crippen LogP contribution < -0.4 is 14.4 Å². The topological polar surface area (TPSA) is 30.9 Å². The average molecular weight is 223 g/mol. The molecule has 0 fully saturated rings. The summed E-state index contributed by atoms with van der Waals surface area (Å²) >= 11 is 0. The van der Waals surface area contributed by atoms with Gasteiger partial charge in [0.2, 0.25) is 0 Å². The maximum atomic E-state index is 5.82. The van der Waals surface area contributed by atoms with E-state index in [4.69, 9.17) is 14.2 Å². The number of hydrogen-bond acceptors (Lipinski definition) is 4. The van der Waals surface area contributed by atoms with Crippen molar-refractivity contribution in [3.05, 3.63) is 18.2 Å². The molecule has 0 amide bonds. The lowest BCUT2D eigenvalue weighted by atomic mass is 10.2. The number of methoxy groups -OCH3 is 2. The van der Waals surface area contributed by atoms with Gasteiger partial charge in [0, 0.05) is 20.2 Å². The zero-order valence-corrected chi connectivity index (χ0v) is 9.90. The van der Waals surface area contributed by atoms with Crippen molar-refractivity contribution in [2.75, 3.05) is 39.3 Å². The first-order chi connectivity index (χ1) is 7.74. The minimum atomic E-state index is 0.0934. The van der Waals surface area contributed by atoms with E-state index in [0.717, 1.165) is 23.7 Å². The molecule has 0 saturated heterocycles. The first kappa shape index (κ1) is 11.1. The van der Waals surface area contributed by atoms with Crippen molar-refractivity contribution in [2.45, 2.75) is 6.10 Å². The first-order valence-corrected chi connectivity index (χ1v) is 5.29. The van der Waals surface area contributed by atoms with Gasteiger partial charge < -0.3 is 19.1 Å². The van der Waals surface area contributed by atoms with Crippen molar-refractivity contribution in [3.63, 3.8) is 0 Å². The third-order valence-corrected chi connectivity index (χ3v) is 2.70. The fourth-order valence-electron chi connectivity index (χ4n) is 1.92. The molecule has 1 aromatic rings. The Kier molecular flexibility index (Phi) is 3.19. The summed E-state index contributed by atoms with van der Waals surface area (Å²) in [6, 6.07) is 5.83. The van der Waals surface area contributed by atoms with E-state index >= 15 is 0 Å². The molecule has 88 valence electrons. The molecule has 0 aliphatic carbocycles. The maximum Gasteiger partial charge on any atom is 0.143 e. The van der Waals surface area contributed by atoms with Gasteiger partial charge in [-0.05, 0) is 12.1 Å². The van der Waals surface area contributed by atoms with E-state index in [2.05, 4.69) is 4.90 Å². The SMILES string of the molecule is COC[C@H]1CN(C)c2cc(OC)ccc2O1. The highest BCUT2D eigenvalue weighted by Gasteiger charge is 2.23. The van der Waals surface area contributed by atoms with E-state index in [1.807, 2.05) is 25.2 Å². The molecular weight excluding hydrogens is 206 g/mol.